The van der Waals surface area contributed by atoms with E-state index in [9.17, 15) is 35.1 Å². The van der Waals surface area contributed by atoms with Gasteiger partial charge in [0.1, 0.15) is 24.4 Å². The van der Waals surface area contributed by atoms with E-state index in [1.54, 1.807) is 6.08 Å². The van der Waals surface area contributed by atoms with E-state index < -0.39 is 49.5 Å². The van der Waals surface area contributed by atoms with Crippen molar-refractivity contribution in [3.05, 3.63) is 48.6 Å². The van der Waals surface area contributed by atoms with Crippen LogP contribution in [0.25, 0.3) is 0 Å². The molecule has 11 heteroatoms. The molecule has 11 nitrogen and oxygen atoms in total. The Hall–Kier alpha value is -2.38. The summed E-state index contributed by atoms with van der Waals surface area (Å²) in [6, 6.07) is -0.842. The summed E-state index contributed by atoms with van der Waals surface area (Å²) in [5.74, 6) is -0.261. The maximum Gasteiger partial charge on any atom is 0.305 e. The Labute approximate surface area is 389 Å². The van der Waals surface area contributed by atoms with Crippen molar-refractivity contribution in [3.63, 3.8) is 0 Å². The summed E-state index contributed by atoms with van der Waals surface area (Å²) in [7, 11) is 0. The normalized spacial score (nSPS) is 20.3. The van der Waals surface area contributed by atoms with E-state index in [4.69, 9.17) is 14.2 Å². The zero-order valence-corrected chi connectivity index (χ0v) is 40.5. The highest BCUT2D eigenvalue weighted by Gasteiger charge is 2.44. The number of aliphatic hydroxyl groups excluding tert-OH is 5. The van der Waals surface area contributed by atoms with Crippen LogP contribution in [0.2, 0.25) is 0 Å². The number of hydrogen-bond donors (Lipinski definition) is 6. The molecule has 1 fully saturated rings. The van der Waals surface area contributed by atoms with Gasteiger partial charge in [-0.05, 0) is 77.0 Å². The fourth-order valence-corrected chi connectivity index (χ4v) is 7.73. The first-order chi connectivity index (χ1) is 31.2. The zero-order valence-electron chi connectivity index (χ0n) is 40.5. The molecule has 0 radical (unpaired) electrons. The number of nitrogens with one attached hydrogen (secondary N) is 1. The van der Waals surface area contributed by atoms with Gasteiger partial charge in [-0.3, -0.25) is 9.59 Å². The third kappa shape index (κ3) is 33.1. The number of amides is 1. The van der Waals surface area contributed by atoms with E-state index in [1.165, 1.54) is 83.5 Å². The highest BCUT2D eigenvalue weighted by Crippen LogP contribution is 2.22. The molecular weight excluding hydrogens is 811 g/mol. The molecule has 7 atom stereocenters. The summed E-state index contributed by atoms with van der Waals surface area (Å²) in [6.45, 7) is 4.18. The minimum absolute atomic E-state index is 0.0424. The first-order valence-electron chi connectivity index (χ1n) is 25.9. The number of ether oxygens (including phenoxy) is 3. The third-order valence-corrected chi connectivity index (χ3v) is 11.9. The van der Waals surface area contributed by atoms with Gasteiger partial charge in [-0.25, -0.2) is 0 Å². The highest BCUT2D eigenvalue weighted by molar-refractivity contribution is 5.76. The largest absolute Gasteiger partial charge is 0.466 e. The fourth-order valence-electron chi connectivity index (χ4n) is 7.73. The molecule has 1 aliphatic heterocycles. The van der Waals surface area contributed by atoms with Crippen molar-refractivity contribution in [3.8, 4) is 0 Å². The first kappa shape index (κ1) is 59.6. The Morgan fingerprint density at radius 1 is 0.578 bits per heavy atom. The Bertz CT molecular complexity index is 1210. The van der Waals surface area contributed by atoms with E-state index in [0.29, 0.717) is 19.4 Å². The van der Waals surface area contributed by atoms with Crippen LogP contribution in [0.1, 0.15) is 213 Å². The van der Waals surface area contributed by atoms with Crippen molar-refractivity contribution in [2.45, 2.75) is 256 Å². The monoisotopic (exact) mass is 906 g/mol. The van der Waals surface area contributed by atoms with E-state index in [-0.39, 0.29) is 18.5 Å². The second-order valence-electron chi connectivity index (χ2n) is 17.9. The van der Waals surface area contributed by atoms with E-state index >= 15 is 0 Å². The Morgan fingerprint density at radius 3 is 1.67 bits per heavy atom. The molecule has 1 aliphatic rings. The van der Waals surface area contributed by atoms with Crippen molar-refractivity contribution in [2.24, 2.45) is 0 Å². The quantitative estimate of drug-likeness (QED) is 0.0150. The molecule has 372 valence electrons. The molecule has 1 rings (SSSR count). The lowest BCUT2D eigenvalue weighted by Crippen LogP contribution is -2.60. The molecular formula is C53H95NO10. The first-order valence-corrected chi connectivity index (χ1v) is 25.9. The van der Waals surface area contributed by atoms with Crippen molar-refractivity contribution in [2.75, 3.05) is 19.8 Å². The second kappa shape index (κ2) is 43.2. The standard InChI is InChI=1S/C53H95NO10/c1-3-5-7-9-11-13-14-21-25-29-33-37-41-49(58)62-42-38-34-30-26-22-19-17-15-16-18-20-24-28-32-36-40-48(57)54-45(46(56)39-35-31-27-23-12-10-8-6-4-2)44-63-53-52(61)51(60)50(59)47(43-55)64-53/h12,15,17,19,22-23,35,39,45-47,50-53,55-56,59-61H,3-11,13-14,16,18,20-21,24-34,36-38,40-44H2,1-2H3,(H,54,57)/b17-15-,22-19-,23-12+,39-35+. The lowest BCUT2D eigenvalue weighted by molar-refractivity contribution is -0.302. The molecule has 0 spiro atoms. The molecule has 0 aliphatic carbocycles. The number of esters is 1. The molecule has 64 heavy (non-hydrogen) atoms. The molecule has 7 unspecified atom stereocenters. The van der Waals surface area contributed by atoms with Crippen molar-refractivity contribution >= 4 is 11.9 Å². The fraction of sp³-hybridized carbons (Fsp3) is 0.811. The maximum absolute atomic E-state index is 12.9. The molecule has 1 amide bonds. The molecule has 1 saturated heterocycles. The summed E-state index contributed by atoms with van der Waals surface area (Å²) in [6.07, 6.45) is 42.1. The minimum Gasteiger partial charge on any atom is -0.466 e. The van der Waals surface area contributed by atoms with Crippen LogP contribution in [-0.4, -0.2) is 100 Å². The van der Waals surface area contributed by atoms with Crippen LogP contribution in [0.15, 0.2) is 48.6 Å². The summed E-state index contributed by atoms with van der Waals surface area (Å²) < 4.78 is 16.6. The molecule has 0 aromatic rings. The van der Waals surface area contributed by atoms with Crippen LogP contribution in [0.5, 0.6) is 0 Å². The van der Waals surface area contributed by atoms with Gasteiger partial charge in [-0.2, -0.15) is 0 Å². The van der Waals surface area contributed by atoms with Gasteiger partial charge >= 0.3 is 5.97 Å². The van der Waals surface area contributed by atoms with Crippen molar-refractivity contribution in [1.82, 2.24) is 5.32 Å². The predicted octanol–water partition coefficient (Wildman–Crippen LogP) is 10.5. The Balaban J connectivity index is 2.17. The number of allylic oxidation sites excluding steroid dienone is 7. The Morgan fingerprint density at radius 2 is 1.06 bits per heavy atom. The average Bonchev–Trinajstić information content (AvgIpc) is 3.29. The minimum atomic E-state index is -1.58. The topological polar surface area (TPSA) is 175 Å². The van der Waals surface area contributed by atoms with Crippen molar-refractivity contribution in [1.29, 1.82) is 0 Å². The van der Waals surface area contributed by atoms with E-state index in [0.717, 1.165) is 103 Å². The maximum atomic E-state index is 12.9. The van der Waals surface area contributed by atoms with Crippen LogP contribution >= 0.6 is 0 Å². The van der Waals surface area contributed by atoms with Gasteiger partial charge in [-0.1, -0.05) is 172 Å². The number of hydrogen-bond acceptors (Lipinski definition) is 10. The summed E-state index contributed by atoms with van der Waals surface area (Å²) in [4.78, 5) is 24.9. The number of rotatable bonds is 43. The molecule has 6 N–H and O–H groups in total. The van der Waals surface area contributed by atoms with Gasteiger partial charge in [0.05, 0.1) is 32.0 Å². The zero-order chi connectivity index (χ0) is 46.7. The van der Waals surface area contributed by atoms with Gasteiger partial charge in [0.2, 0.25) is 5.91 Å². The van der Waals surface area contributed by atoms with Crippen molar-refractivity contribution < 1.29 is 49.3 Å². The number of aliphatic hydroxyl groups is 5. The van der Waals surface area contributed by atoms with Crippen LogP contribution in [0.4, 0.5) is 0 Å². The van der Waals surface area contributed by atoms with Gasteiger partial charge in [-0.15, -0.1) is 0 Å². The lowest BCUT2D eigenvalue weighted by Gasteiger charge is -2.40. The second-order valence-corrected chi connectivity index (χ2v) is 17.9. The predicted molar refractivity (Wildman–Crippen MR) is 260 cm³/mol. The third-order valence-electron chi connectivity index (χ3n) is 11.9. The summed E-state index contributed by atoms with van der Waals surface area (Å²) in [5.41, 5.74) is 0. The average molecular weight is 906 g/mol. The van der Waals surface area contributed by atoms with Gasteiger partial charge < -0.3 is 45.1 Å². The molecule has 0 bridgehead atoms. The summed E-state index contributed by atoms with van der Waals surface area (Å²) in [5, 5.41) is 54.0. The number of carbonyl (C=O) groups is 2. The van der Waals surface area contributed by atoms with Crippen LogP contribution in [0, 0.1) is 0 Å². The molecule has 1 heterocycles. The number of unbranched alkanes of at least 4 members (excludes halogenated alkanes) is 24. The molecule has 0 aromatic carbocycles. The smallest absolute Gasteiger partial charge is 0.305 e. The van der Waals surface area contributed by atoms with Crippen LogP contribution in [0.3, 0.4) is 0 Å². The lowest BCUT2D eigenvalue weighted by atomic mass is 9.99. The molecule has 0 aromatic heterocycles. The van der Waals surface area contributed by atoms with Gasteiger partial charge in [0, 0.05) is 12.8 Å². The highest BCUT2D eigenvalue weighted by atomic mass is 16.7. The Kier molecular flexibility index (Phi) is 40.3. The summed E-state index contributed by atoms with van der Waals surface area (Å²) >= 11 is 0. The number of carbonyl (C=O) groups excluding carboxylic acids is 2. The van der Waals surface area contributed by atoms with Gasteiger partial charge in [0.15, 0.2) is 6.29 Å². The van der Waals surface area contributed by atoms with Crippen LogP contribution < -0.4 is 5.32 Å². The van der Waals surface area contributed by atoms with E-state index in [1.807, 2.05) is 6.08 Å². The van der Waals surface area contributed by atoms with Crippen LogP contribution in [-0.2, 0) is 23.8 Å². The SMILES string of the molecule is CCCCC/C=C/CC/C=C/C(O)C(COC1OC(CO)C(O)C(O)C1O)NC(=O)CCCCCCCC/C=C\C=C/CCCCCOC(=O)CCCCCCCCCCCCCC. The molecule has 0 saturated carbocycles. The van der Waals surface area contributed by atoms with Gasteiger partial charge in [0.25, 0.3) is 0 Å². The van der Waals surface area contributed by atoms with E-state index in [2.05, 4.69) is 55.6 Å².